The van der Waals surface area contributed by atoms with Gasteiger partial charge in [0.15, 0.2) is 0 Å². The number of carbonyl (C=O) groups excluding carboxylic acids is 1. The SMILES string of the molecule is CC1C(=O)N2C(COC2(C)C)C1(C)C. The third-order valence-corrected chi connectivity index (χ3v) is 4.07. The van der Waals surface area contributed by atoms with Gasteiger partial charge in [-0.1, -0.05) is 20.8 Å². The Labute approximate surface area is 85.4 Å². The maximum Gasteiger partial charge on any atom is 0.228 e. The molecule has 2 aliphatic heterocycles. The molecule has 0 aromatic rings. The largest absolute Gasteiger partial charge is 0.354 e. The van der Waals surface area contributed by atoms with Crippen LogP contribution in [0.5, 0.6) is 0 Å². The van der Waals surface area contributed by atoms with E-state index in [4.69, 9.17) is 4.74 Å². The van der Waals surface area contributed by atoms with E-state index in [1.54, 1.807) is 0 Å². The van der Waals surface area contributed by atoms with Gasteiger partial charge >= 0.3 is 0 Å². The fraction of sp³-hybridized carbons (Fsp3) is 0.909. The summed E-state index contributed by atoms with van der Waals surface area (Å²) in [6.45, 7) is 11.0. The van der Waals surface area contributed by atoms with Crippen LogP contribution in [0.2, 0.25) is 0 Å². The first-order valence-electron chi connectivity index (χ1n) is 5.25. The second kappa shape index (κ2) is 2.51. The zero-order valence-corrected chi connectivity index (χ0v) is 9.63. The molecule has 0 saturated carbocycles. The average Bonchev–Trinajstić information content (AvgIpc) is 2.45. The standard InChI is InChI=1S/C11H19NO2/c1-7-9(13)12-8(10(7,2)3)6-14-11(12,4)5/h7-8H,6H2,1-5H3. The van der Waals surface area contributed by atoms with E-state index in [2.05, 4.69) is 13.8 Å². The number of rotatable bonds is 0. The van der Waals surface area contributed by atoms with Crippen molar-refractivity contribution in [1.29, 1.82) is 0 Å². The Morgan fingerprint density at radius 2 is 1.93 bits per heavy atom. The predicted octanol–water partition coefficient (Wildman–Crippen LogP) is 1.63. The van der Waals surface area contributed by atoms with Gasteiger partial charge in [0, 0.05) is 5.92 Å². The molecule has 2 rings (SSSR count). The van der Waals surface area contributed by atoms with E-state index in [1.807, 2.05) is 25.7 Å². The number of nitrogens with zero attached hydrogens (tertiary/aromatic N) is 1. The normalized spacial score (nSPS) is 38.9. The lowest BCUT2D eigenvalue weighted by Gasteiger charge is -2.31. The highest BCUT2D eigenvalue weighted by molar-refractivity contribution is 5.83. The van der Waals surface area contributed by atoms with Gasteiger partial charge in [0.1, 0.15) is 5.72 Å². The monoisotopic (exact) mass is 197 g/mol. The number of hydrogen-bond acceptors (Lipinski definition) is 2. The van der Waals surface area contributed by atoms with Gasteiger partial charge in [0.2, 0.25) is 5.91 Å². The smallest absolute Gasteiger partial charge is 0.228 e. The van der Waals surface area contributed by atoms with Gasteiger partial charge in [-0.25, -0.2) is 0 Å². The van der Waals surface area contributed by atoms with Crippen molar-refractivity contribution >= 4 is 5.91 Å². The first kappa shape index (κ1) is 9.97. The Morgan fingerprint density at radius 1 is 1.36 bits per heavy atom. The van der Waals surface area contributed by atoms with Crippen LogP contribution in [0.4, 0.5) is 0 Å². The molecular formula is C11H19NO2. The molecule has 0 aromatic carbocycles. The van der Waals surface area contributed by atoms with Crippen LogP contribution in [-0.2, 0) is 9.53 Å². The minimum Gasteiger partial charge on any atom is -0.354 e. The van der Waals surface area contributed by atoms with Crippen molar-refractivity contribution in [2.45, 2.75) is 46.4 Å². The van der Waals surface area contributed by atoms with E-state index in [0.29, 0.717) is 6.61 Å². The summed E-state index contributed by atoms with van der Waals surface area (Å²) >= 11 is 0. The molecule has 2 saturated heterocycles. The second-order valence-electron chi connectivity index (χ2n) is 5.52. The molecule has 2 unspecified atom stereocenters. The Hall–Kier alpha value is -0.570. The summed E-state index contributed by atoms with van der Waals surface area (Å²) in [6.07, 6.45) is 0. The quantitative estimate of drug-likeness (QED) is 0.590. The minimum absolute atomic E-state index is 0.0326. The number of hydrogen-bond donors (Lipinski definition) is 0. The van der Waals surface area contributed by atoms with Crippen LogP contribution in [0.25, 0.3) is 0 Å². The lowest BCUT2D eigenvalue weighted by molar-refractivity contribution is -0.144. The van der Waals surface area contributed by atoms with Crippen LogP contribution >= 0.6 is 0 Å². The van der Waals surface area contributed by atoms with Gasteiger partial charge in [-0.05, 0) is 19.3 Å². The molecule has 0 bridgehead atoms. The molecule has 2 fully saturated rings. The molecule has 0 aromatic heterocycles. The Morgan fingerprint density at radius 3 is 2.43 bits per heavy atom. The summed E-state index contributed by atoms with van der Waals surface area (Å²) in [5, 5.41) is 0. The highest BCUT2D eigenvalue weighted by Crippen LogP contribution is 2.48. The molecule has 3 heteroatoms. The van der Waals surface area contributed by atoms with E-state index >= 15 is 0 Å². The summed E-state index contributed by atoms with van der Waals surface area (Å²) in [7, 11) is 0. The maximum atomic E-state index is 12.1. The van der Waals surface area contributed by atoms with Crippen LogP contribution in [0.3, 0.4) is 0 Å². The van der Waals surface area contributed by atoms with Crippen LogP contribution in [-0.4, -0.2) is 29.2 Å². The number of fused-ring (bicyclic) bond motifs is 1. The Bertz CT molecular complexity index is 283. The molecule has 14 heavy (non-hydrogen) atoms. The van der Waals surface area contributed by atoms with E-state index < -0.39 is 5.72 Å². The van der Waals surface area contributed by atoms with Gasteiger partial charge in [-0.2, -0.15) is 0 Å². The molecule has 0 radical (unpaired) electrons. The van der Waals surface area contributed by atoms with Gasteiger partial charge < -0.3 is 9.64 Å². The van der Waals surface area contributed by atoms with Crippen LogP contribution in [0.15, 0.2) is 0 Å². The van der Waals surface area contributed by atoms with Crippen molar-refractivity contribution in [2.24, 2.45) is 11.3 Å². The lowest BCUT2D eigenvalue weighted by Crippen LogP contribution is -2.44. The molecule has 1 amide bonds. The average molecular weight is 197 g/mol. The molecule has 0 N–H and O–H groups in total. The van der Waals surface area contributed by atoms with Gasteiger partial charge in [0.25, 0.3) is 0 Å². The van der Waals surface area contributed by atoms with Crippen molar-refractivity contribution in [3.63, 3.8) is 0 Å². The van der Waals surface area contributed by atoms with Crippen molar-refractivity contribution < 1.29 is 9.53 Å². The molecule has 2 atom stereocenters. The zero-order valence-electron chi connectivity index (χ0n) is 9.63. The van der Waals surface area contributed by atoms with E-state index in [0.717, 1.165) is 0 Å². The molecule has 0 aliphatic carbocycles. The fourth-order valence-corrected chi connectivity index (χ4v) is 2.58. The van der Waals surface area contributed by atoms with E-state index in [-0.39, 0.29) is 23.3 Å². The minimum atomic E-state index is -0.413. The molecular weight excluding hydrogens is 178 g/mol. The Kier molecular flexibility index (Phi) is 1.79. The maximum absolute atomic E-state index is 12.1. The Balaban J connectivity index is 2.41. The van der Waals surface area contributed by atoms with Gasteiger partial charge in [-0.15, -0.1) is 0 Å². The van der Waals surface area contributed by atoms with E-state index in [1.165, 1.54) is 0 Å². The summed E-state index contributed by atoms with van der Waals surface area (Å²) in [6, 6.07) is 0.250. The number of carbonyl (C=O) groups is 1. The summed E-state index contributed by atoms with van der Waals surface area (Å²) in [4.78, 5) is 14.0. The van der Waals surface area contributed by atoms with Crippen LogP contribution < -0.4 is 0 Å². The highest BCUT2D eigenvalue weighted by Gasteiger charge is 2.59. The van der Waals surface area contributed by atoms with Gasteiger partial charge in [-0.3, -0.25) is 4.79 Å². The van der Waals surface area contributed by atoms with Crippen LogP contribution in [0, 0.1) is 11.3 Å². The van der Waals surface area contributed by atoms with E-state index in [9.17, 15) is 4.79 Å². The second-order valence-corrected chi connectivity index (χ2v) is 5.52. The number of ether oxygens (including phenoxy) is 1. The van der Waals surface area contributed by atoms with Crippen LogP contribution in [0.1, 0.15) is 34.6 Å². The summed E-state index contributed by atoms with van der Waals surface area (Å²) < 4.78 is 5.67. The third kappa shape index (κ3) is 0.991. The first-order valence-corrected chi connectivity index (χ1v) is 5.25. The first-order chi connectivity index (χ1) is 6.28. The molecule has 2 heterocycles. The zero-order chi connectivity index (χ0) is 10.7. The molecule has 3 nitrogen and oxygen atoms in total. The van der Waals surface area contributed by atoms with Crippen molar-refractivity contribution in [2.75, 3.05) is 6.61 Å². The number of amides is 1. The van der Waals surface area contributed by atoms with Crippen molar-refractivity contribution in [3.8, 4) is 0 Å². The van der Waals surface area contributed by atoms with Gasteiger partial charge in [0.05, 0.1) is 12.6 Å². The molecule has 0 spiro atoms. The van der Waals surface area contributed by atoms with Crippen molar-refractivity contribution in [3.05, 3.63) is 0 Å². The summed E-state index contributed by atoms with van der Waals surface area (Å²) in [5.41, 5.74) is -0.380. The fourth-order valence-electron chi connectivity index (χ4n) is 2.58. The molecule has 2 aliphatic rings. The third-order valence-electron chi connectivity index (χ3n) is 4.07. The lowest BCUT2D eigenvalue weighted by atomic mass is 9.78. The molecule has 80 valence electrons. The predicted molar refractivity (Wildman–Crippen MR) is 53.6 cm³/mol. The topological polar surface area (TPSA) is 29.5 Å². The summed E-state index contributed by atoms with van der Waals surface area (Å²) in [5.74, 6) is 0.346. The highest BCUT2D eigenvalue weighted by atomic mass is 16.5. The van der Waals surface area contributed by atoms with Crippen molar-refractivity contribution in [1.82, 2.24) is 4.90 Å².